The maximum Gasteiger partial charge on any atom is 0.224 e. The van der Waals surface area contributed by atoms with E-state index >= 15 is 13.2 Å². The number of fused-ring (bicyclic) bond motifs is 5. The number of allylic oxidation sites excluding steroid dienone is 1. The summed E-state index contributed by atoms with van der Waals surface area (Å²) in [4.78, 5) is 6.31. The topological polar surface area (TPSA) is 97.2 Å². The zero-order valence-corrected chi connectivity index (χ0v) is 17.0. The lowest BCUT2D eigenvalue weighted by molar-refractivity contribution is 0.491. The molecular formula is C23H3F8N5. The van der Waals surface area contributed by atoms with E-state index in [0.29, 0.717) is 6.08 Å². The minimum absolute atomic E-state index is 0.650. The van der Waals surface area contributed by atoms with Crippen molar-refractivity contribution in [1.82, 2.24) is 9.97 Å². The second kappa shape index (κ2) is 8.29. The van der Waals surface area contributed by atoms with Crippen LogP contribution in [0.3, 0.4) is 0 Å². The molecule has 176 valence electrons. The van der Waals surface area contributed by atoms with Crippen molar-refractivity contribution in [2.45, 2.75) is 0 Å². The normalized spacial score (nSPS) is 11.8. The van der Waals surface area contributed by atoms with Crippen LogP contribution in [0.1, 0.15) is 0 Å². The van der Waals surface area contributed by atoms with E-state index in [-0.39, 0.29) is 0 Å². The first kappa shape index (κ1) is 24.0. The molecule has 0 saturated heterocycles. The van der Waals surface area contributed by atoms with Gasteiger partial charge in [-0.1, -0.05) is 12.7 Å². The van der Waals surface area contributed by atoms with Gasteiger partial charge in [-0.15, -0.1) is 0 Å². The predicted molar refractivity (Wildman–Crippen MR) is 107 cm³/mol. The fraction of sp³-hybridized carbons (Fsp3) is 0. The number of rotatable bonds is 1. The molecule has 0 fully saturated rings. The summed E-state index contributed by atoms with van der Waals surface area (Å²) >= 11 is 0. The van der Waals surface area contributed by atoms with Crippen molar-refractivity contribution in [2.75, 3.05) is 0 Å². The van der Waals surface area contributed by atoms with Gasteiger partial charge < -0.3 is 0 Å². The van der Waals surface area contributed by atoms with E-state index in [1.807, 2.05) is 0 Å². The average Bonchev–Trinajstić information content (AvgIpc) is 2.85. The van der Waals surface area contributed by atoms with Gasteiger partial charge in [-0.3, -0.25) is 0 Å². The molecule has 0 aliphatic carbocycles. The third kappa shape index (κ3) is 2.98. The van der Waals surface area contributed by atoms with Gasteiger partial charge in [-0.2, -0.15) is 24.6 Å². The molecule has 0 spiro atoms. The highest BCUT2D eigenvalue weighted by molar-refractivity contribution is 6.13. The Morgan fingerprint density at radius 1 is 0.583 bits per heavy atom. The summed E-state index contributed by atoms with van der Waals surface area (Å²) in [5.74, 6) is -16.2. The van der Waals surface area contributed by atoms with Crippen LogP contribution < -0.4 is 10.4 Å². The maximum atomic E-state index is 15.1. The van der Waals surface area contributed by atoms with E-state index in [9.17, 15) is 22.0 Å². The molecular weight excluding hydrogens is 498 g/mol. The van der Waals surface area contributed by atoms with Gasteiger partial charge in [-0.05, 0) is 0 Å². The molecule has 0 aliphatic rings. The maximum absolute atomic E-state index is 15.1. The lowest BCUT2D eigenvalue weighted by Gasteiger charge is -2.12. The van der Waals surface area contributed by atoms with Gasteiger partial charge in [0.05, 0.1) is 43.6 Å². The molecule has 0 bridgehead atoms. The highest BCUT2D eigenvalue weighted by Gasteiger charge is 2.29. The smallest absolute Gasteiger partial charge is 0.217 e. The minimum Gasteiger partial charge on any atom is -0.217 e. The number of nitrogens with zero attached hydrogens (tertiary/aromatic N) is 5. The van der Waals surface area contributed by atoms with Gasteiger partial charge in [0.15, 0.2) is 23.3 Å². The van der Waals surface area contributed by atoms with Crippen LogP contribution in [0.15, 0.2) is 12.7 Å². The Balaban J connectivity index is 2.45. The number of hydrogen-bond donors (Lipinski definition) is 0. The summed E-state index contributed by atoms with van der Waals surface area (Å²) in [6.45, 7) is 3.13. The van der Waals surface area contributed by atoms with Crippen molar-refractivity contribution in [3.05, 3.63) is 69.9 Å². The second-order valence-electron chi connectivity index (χ2n) is 6.96. The summed E-state index contributed by atoms with van der Waals surface area (Å²) in [5, 5.41) is 18.2. The van der Waals surface area contributed by atoms with Crippen LogP contribution in [0.5, 0.6) is 0 Å². The van der Waals surface area contributed by atoms with Crippen molar-refractivity contribution in [2.24, 2.45) is 0 Å². The Kier molecular flexibility index (Phi) is 5.54. The lowest BCUT2D eigenvalue weighted by atomic mass is 10.0. The Bertz CT molecular complexity index is 1960. The SMILES string of the molecule is C=C/C(C#N)=c1/c(F)c(F)c2c(c(F)nc3c2nc(F)c2c(F)c(=C(C#N)C#N)c(F)c(F)c23)c1F. The Labute approximate surface area is 193 Å². The zero-order chi connectivity index (χ0) is 26.6. The van der Waals surface area contributed by atoms with Crippen molar-refractivity contribution < 1.29 is 35.1 Å². The van der Waals surface area contributed by atoms with Gasteiger partial charge in [0, 0.05) is 0 Å². The number of pyridine rings is 2. The first-order valence-corrected chi connectivity index (χ1v) is 9.27. The molecule has 5 nitrogen and oxygen atoms in total. The quantitative estimate of drug-likeness (QED) is 0.169. The van der Waals surface area contributed by atoms with Crippen molar-refractivity contribution in [3.8, 4) is 18.2 Å². The van der Waals surface area contributed by atoms with Crippen LogP contribution in [0.4, 0.5) is 35.1 Å². The fourth-order valence-electron chi connectivity index (χ4n) is 3.71. The largest absolute Gasteiger partial charge is 0.224 e. The van der Waals surface area contributed by atoms with E-state index in [1.54, 1.807) is 0 Å². The van der Waals surface area contributed by atoms with Gasteiger partial charge in [0.2, 0.25) is 11.9 Å². The first-order valence-electron chi connectivity index (χ1n) is 9.27. The standard InChI is InChI=1S/C23H3F8N5/c1-2-6(3-32)8-14(24)12-10(18(28)16(8)26)20-21(35-22(12)30)11-13(23(31)36-20)15(25)9(7(4-33)5-34)17(27)19(11)29/h2H,1H2/b8-6-. The molecule has 0 radical (unpaired) electrons. The van der Waals surface area contributed by atoms with E-state index in [1.165, 1.54) is 6.07 Å². The van der Waals surface area contributed by atoms with Crippen LogP contribution >= 0.6 is 0 Å². The van der Waals surface area contributed by atoms with Crippen LogP contribution in [0.2, 0.25) is 0 Å². The van der Waals surface area contributed by atoms with Gasteiger partial charge in [0.25, 0.3) is 0 Å². The molecule has 4 aromatic rings. The highest BCUT2D eigenvalue weighted by atomic mass is 19.2. The minimum atomic E-state index is -2.17. The summed E-state index contributed by atoms with van der Waals surface area (Å²) < 4.78 is 119. The molecule has 4 rings (SSSR count). The molecule has 0 saturated carbocycles. The third-order valence-electron chi connectivity index (χ3n) is 5.24. The van der Waals surface area contributed by atoms with Gasteiger partial charge in [-0.25, -0.2) is 36.3 Å². The van der Waals surface area contributed by atoms with Gasteiger partial charge >= 0.3 is 0 Å². The first-order chi connectivity index (χ1) is 17.0. The molecule has 2 heterocycles. The molecule has 0 amide bonds. The summed E-state index contributed by atoms with van der Waals surface area (Å²) in [6, 6.07) is 3.53. The van der Waals surface area contributed by atoms with Crippen LogP contribution in [-0.2, 0) is 0 Å². The van der Waals surface area contributed by atoms with Crippen LogP contribution in [0.25, 0.3) is 43.7 Å². The second-order valence-corrected chi connectivity index (χ2v) is 6.96. The Morgan fingerprint density at radius 3 is 1.39 bits per heavy atom. The highest BCUT2D eigenvalue weighted by Crippen LogP contribution is 2.35. The number of benzene rings is 2. The van der Waals surface area contributed by atoms with E-state index < -0.39 is 101 Å². The van der Waals surface area contributed by atoms with Gasteiger partial charge in [0.1, 0.15) is 40.4 Å². The molecule has 36 heavy (non-hydrogen) atoms. The van der Waals surface area contributed by atoms with E-state index in [0.717, 1.165) is 12.1 Å². The van der Waals surface area contributed by atoms with Crippen molar-refractivity contribution in [3.63, 3.8) is 0 Å². The number of nitriles is 3. The lowest BCUT2D eigenvalue weighted by Crippen LogP contribution is -2.21. The Morgan fingerprint density at radius 2 is 1.00 bits per heavy atom. The molecule has 2 aromatic heterocycles. The Hall–Kier alpha value is -5.09. The summed E-state index contributed by atoms with van der Waals surface area (Å²) in [6.07, 6.45) is 0.650. The van der Waals surface area contributed by atoms with Crippen molar-refractivity contribution in [1.29, 1.82) is 15.8 Å². The number of aromatic nitrogens is 2. The molecule has 13 heteroatoms. The van der Waals surface area contributed by atoms with Crippen molar-refractivity contribution >= 4 is 43.7 Å². The van der Waals surface area contributed by atoms with Crippen LogP contribution in [-0.4, -0.2) is 9.97 Å². The molecule has 0 unspecified atom stereocenters. The zero-order valence-electron chi connectivity index (χ0n) is 17.0. The molecule has 0 aliphatic heterocycles. The molecule has 0 atom stereocenters. The molecule has 0 N–H and O–H groups in total. The summed E-state index contributed by atoms with van der Waals surface area (Å²) in [5.41, 5.74) is -4.57. The summed E-state index contributed by atoms with van der Waals surface area (Å²) in [7, 11) is 0. The number of hydrogen-bond acceptors (Lipinski definition) is 5. The monoisotopic (exact) mass is 501 g/mol. The predicted octanol–water partition coefficient (Wildman–Crippen LogP) is 4.11. The number of halogens is 8. The average molecular weight is 501 g/mol. The fourth-order valence-corrected chi connectivity index (χ4v) is 3.71. The van der Waals surface area contributed by atoms with E-state index in [2.05, 4.69) is 16.5 Å². The van der Waals surface area contributed by atoms with E-state index in [4.69, 9.17) is 15.8 Å². The van der Waals surface area contributed by atoms with Crippen LogP contribution in [0, 0.1) is 80.8 Å². The molecule has 2 aromatic carbocycles. The third-order valence-corrected chi connectivity index (χ3v) is 5.24.